The monoisotopic (exact) mass is 141 g/mol. The number of carbonyl (C=O) groups excluding carboxylic acids is 1. The van der Waals surface area contributed by atoms with Gasteiger partial charge in [-0.2, -0.15) is 0 Å². The molecular weight excluding hydrogens is 126 g/mol. The Labute approximate surface area is 62.2 Å². The number of hydrogen-bond acceptors (Lipinski definition) is 2. The Morgan fingerprint density at radius 3 is 2.70 bits per heavy atom. The van der Waals surface area contributed by atoms with Crippen molar-refractivity contribution in [3.63, 3.8) is 0 Å². The smallest absolute Gasteiger partial charge is 0.134 e. The van der Waals surface area contributed by atoms with Crippen LogP contribution in [0.4, 0.5) is 0 Å². The van der Waals surface area contributed by atoms with Gasteiger partial charge >= 0.3 is 0 Å². The van der Waals surface area contributed by atoms with Gasteiger partial charge < -0.3 is 4.90 Å². The molecule has 0 saturated carbocycles. The Bertz CT molecular complexity index is 133. The Balaban J connectivity index is 2.39. The molecule has 0 aliphatic carbocycles. The second kappa shape index (κ2) is 3.15. The van der Waals surface area contributed by atoms with Gasteiger partial charge in [0.2, 0.25) is 0 Å². The lowest BCUT2D eigenvalue weighted by atomic mass is 9.95. The van der Waals surface area contributed by atoms with Crippen LogP contribution in [0.15, 0.2) is 0 Å². The summed E-state index contributed by atoms with van der Waals surface area (Å²) in [5, 5.41) is 0. The predicted molar refractivity (Wildman–Crippen MR) is 40.9 cm³/mol. The van der Waals surface area contributed by atoms with E-state index in [1.165, 1.54) is 6.42 Å². The van der Waals surface area contributed by atoms with Gasteiger partial charge in [-0.3, -0.25) is 4.79 Å². The van der Waals surface area contributed by atoms with Gasteiger partial charge in [-0.05, 0) is 33.4 Å². The summed E-state index contributed by atoms with van der Waals surface area (Å²) in [6.07, 6.45) is 2.28. The first-order chi connectivity index (χ1) is 4.70. The SMILES string of the molecule is CC(=O)C1CCCN(C)C1. The fourth-order valence-electron chi connectivity index (χ4n) is 1.50. The van der Waals surface area contributed by atoms with Gasteiger partial charge in [0.15, 0.2) is 0 Å². The van der Waals surface area contributed by atoms with Crippen LogP contribution in [0.1, 0.15) is 19.8 Å². The van der Waals surface area contributed by atoms with Crippen LogP contribution in [0, 0.1) is 5.92 Å². The van der Waals surface area contributed by atoms with Crippen LogP contribution in [-0.4, -0.2) is 30.8 Å². The van der Waals surface area contributed by atoms with Gasteiger partial charge in [-0.1, -0.05) is 0 Å². The maximum Gasteiger partial charge on any atom is 0.134 e. The Morgan fingerprint density at radius 1 is 1.60 bits per heavy atom. The van der Waals surface area contributed by atoms with E-state index >= 15 is 0 Å². The first-order valence-electron chi connectivity index (χ1n) is 3.89. The van der Waals surface area contributed by atoms with Crippen molar-refractivity contribution in [1.82, 2.24) is 4.90 Å². The molecule has 2 nitrogen and oxygen atoms in total. The van der Waals surface area contributed by atoms with E-state index in [1.54, 1.807) is 6.92 Å². The van der Waals surface area contributed by atoms with Crippen molar-refractivity contribution in [3.8, 4) is 0 Å². The number of ketones is 1. The van der Waals surface area contributed by atoms with Crippen molar-refractivity contribution >= 4 is 5.78 Å². The van der Waals surface area contributed by atoms with Gasteiger partial charge in [-0.25, -0.2) is 0 Å². The zero-order valence-electron chi connectivity index (χ0n) is 6.76. The molecule has 0 N–H and O–H groups in total. The van der Waals surface area contributed by atoms with Crippen molar-refractivity contribution in [3.05, 3.63) is 0 Å². The van der Waals surface area contributed by atoms with E-state index in [0.29, 0.717) is 11.7 Å². The molecule has 1 saturated heterocycles. The molecule has 10 heavy (non-hydrogen) atoms. The Morgan fingerprint density at radius 2 is 2.30 bits per heavy atom. The lowest BCUT2D eigenvalue weighted by molar-refractivity contribution is -0.122. The summed E-state index contributed by atoms with van der Waals surface area (Å²) in [6.45, 7) is 3.82. The summed E-state index contributed by atoms with van der Waals surface area (Å²) in [4.78, 5) is 13.1. The lowest BCUT2D eigenvalue weighted by Crippen LogP contribution is -2.35. The van der Waals surface area contributed by atoms with E-state index in [2.05, 4.69) is 11.9 Å². The third kappa shape index (κ3) is 1.81. The van der Waals surface area contributed by atoms with E-state index in [4.69, 9.17) is 0 Å². The molecule has 1 atom stereocenters. The molecule has 1 aliphatic heterocycles. The molecule has 0 radical (unpaired) electrons. The molecule has 0 aromatic carbocycles. The minimum Gasteiger partial charge on any atom is -0.306 e. The minimum absolute atomic E-state index is 0.318. The third-order valence-corrected chi connectivity index (χ3v) is 2.20. The first-order valence-corrected chi connectivity index (χ1v) is 3.89. The molecule has 1 heterocycles. The Kier molecular flexibility index (Phi) is 2.44. The van der Waals surface area contributed by atoms with E-state index in [-0.39, 0.29) is 0 Å². The average Bonchev–Trinajstić information content (AvgIpc) is 1.88. The number of nitrogens with zero attached hydrogens (tertiary/aromatic N) is 1. The fourth-order valence-corrected chi connectivity index (χ4v) is 1.50. The fraction of sp³-hybridized carbons (Fsp3) is 0.875. The lowest BCUT2D eigenvalue weighted by Gasteiger charge is -2.27. The van der Waals surface area contributed by atoms with Crippen molar-refractivity contribution in [2.24, 2.45) is 5.92 Å². The summed E-state index contributed by atoms with van der Waals surface area (Å²) in [7, 11) is 2.08. The van der Waals surface area contributed by atoms with Crippen LogP contribution >= 0.6 is 0 Å². The van der Waals surface area contributed by atoms with Crippen LogP contribution in [0.5, 0.6) is 0 Å². The molecular formula is C8H15NO. The maximum atomic E-state index is 10.9. The molecule has 2 heteroatoms. The van der Waals surface area contributed by atoms with Gasteiger partial charge in [0.1, 0.15) is 5.78 Å². The highest BCUT2D eigenvalue weighted by Gasteiger charge is 2.20. The maximum absolute atomic E-state index is 10.9. The average molecular weight is 141 g/mol. The highest BCUT2D eigenvalue weighted by molar-refractivity contribution is 5.78. The first kappa shape index (κ1) is 7.73. The number of rotatable bonds is 1. The number of likely N-dealkylation sites (tertiary alicyclic amines) is 1. The molecule has 1 rings (SSSR count). The van der Waals surface area contributed by atoms with Crippen molar-refractivity contribution < 1.29 is 4.79 Å². The van der Waals surface area contributed by atoms with Gasteiger partial charge in [0.05, 0.1) is 0 Å². The largest absolute Gasteiger partial charge is 0.306 e. The summed E-state index contributed by atoms with van der Waals surface area (Å²) in [6, 6.07) is 0. The number of Topliss-reactive ketones (excluding diaryl/α,β-unsaturated/α-hetero) is 1. The van der Waals surface area contributed by atoms with E-state index in [1.807, 2.05) is 0 Å². The molecule has 0 spiro atoms. The zero-order chi connectivity index (χ0) is 7.56. The van der Waals surface area contributed by atoms with Gasteiger partial charge in [0.25, 0.3) is 0 Å². The molecule has 58 valence electrons. The Hall–Kier alpha value is -0.370. The van der Waals surface area contributed by atoms with Crippen molar-refractivity contribution in [2.75, 3.05) is 20.1 Å². The van der Waals surface area contributed by atoms with Crippen LogP contribution in [0.25, 0.3) is 0 Å². The van der Waals surface area contributed by atoms with E-state index in [0.717, 1.165) is 19.5 Å². The normalized spacial score (nSPS) is 28.4. The third-order valence-electron chi connectivity index (χ3n) is 2.20. The highest BCUT2D eigenvalue weighted by Crippen LogP contribution is 2.15. The number of piperidine rings is 1. The van der Waals surface area contributed by atoms with Crippen LogP contribution in [0.3, 0.4) is 0 Å². The van der Waals surface area contributed by atoms with Crippen molar-refractivity contribution in [2.45, 2.75) is 19.8 Å². The van der Waals surface area contributed by atoms with Gasteiger partial charge in [0, 0.05) is 12.5 Å². The molecule has 0 bridgehead atoms. The van der Waals surface area contributed by atoms with E-state index in [9.17, 15) is 4.79 Å². The van der Waals surface area contributed by atoms with Crippen molar-refractivity contribution in [1.29, 1.82) is 0 Å². The predicted octanol–water partition coefficient (Wildman–Crippen LogP) is 0.917. The number of carbonyl (C=O) groups is 1. The van der Waals surface area contributed by atoms with Crippen LogP contribution < -0.4 is 0 Å². The second-order valence-corrected chi connectivity index (χ2v) is 3.21. The van der Waals surface area contributed by atoms with Crippen LogP contribution in [-0.2, 0) is 4.79 Å². The standard InChI is InChI=1S/C8H15NO/c1-7(10)8-4-3-5-9(2)6-8/h8H,3-6H2,1-2H3. The summed E-state index contributed by atoms with van der Waals surface area (Å²) >= 11 is 0. The molecule has 1 fully saturated rings. The summed E-state index contributed by atoms with van der Waals surface area (Å²) < 4.78 is 0. The molecule has 1 unspecified atom stereocenters. The molecule has 0 amide bonds. The topological polar surface area (TPSA) is 20.3 Å². The minimum atomic E-state index is 0.318. The van der Waals surface area contributed by atoms with E-state index < -0.39 is 0 Å². The second-order valence-electron chi connectivity index (χ2n) is 3.21. The molecule has 0 aromatic rings. The highest BCUT2D eigenvalue weighted by atomic mass is 16.1. The zero-order valence-corrected chi connectivity index (χ0v) is 6.76. The van der Waals surface area contributed by atoms with Crippen LogP contribution in [0.2, 0.25) is 0 Å². The summed E-state index contributed by atoms with van der Waals surface area (Å²) in [5.41, 5.74) is 0. The van der Waals surface area contributed by atoms with Gasteiger partial charge in [-0.15, -0.1) is 0 Å². The molecule has 1 aliphatic rings. The molecule has 0 aromatic heterocycles. The number of hydrogen-bond donors (Lipinski definition) is 0. The quantitative estimate of drug-likeness (QED) is 0.541. The summed E-state index contributed by atoms with van der Waals surface area (Å²) in [5.74, 6) is 0.672.